The average Bonchev–Trinajstić information content (AvgIpc) is 3.06. The fraction of sp³-hybridized carbons (Fsp3) is 0.324. The minimum Gasteiger partial charge on any atom is -0.444 e. The molecule has 0 saturated carbocycles. The van der Waals surface area contributed by atoms with Crippen LogP contribution in [-0.4, -0.2) is 64.1 Å². The van der Waals surface area contributed by atoms with Crippen molar-refractivity contribution in [1.29, 1.82) is 0 Å². The van der Waals surface area contributed by atoms with Crippen LogP contribution in [0.5, 0.6) is 11.6 Å². The molecule has 5 aromatic rings. The van der Waals surface area contributed by atoms with Gasteiger partial charge in [0.2, 0.25) is 11.8 Å². The van der Waals surface area contributed by atoms with Gasteiger partial charge < -0.3 is 19.7 Å². The summed E-state index contributed by atoms with van der Waals surface area (Å²) in [5, 5.41) is 4.97. The van der Waals surface area contributed by atoms with Gasteiger partial charge in [0.15, 0.2) is 9.84 Å². The number of likely N-dealkylation sites (tertiary alicyclic amines) is 1. The zero-order valence-corrected chi connectivity index (χ0v) is 28.9. The summed E-state index contributed by atoms with van der Waals surface area (Å²) in [6, 6.07) is 18.4. The van der Waals surface area contributed by atoms with Crippen LogP contribution < -0.4 is 10.1 Å². The number of rotatable bonds is 9. The maximum absolute atomic E-state index is 13.2. The molecule has 0 aliphatic carbocycles. The molecule has 4 heterocycles. The lowest BCUT2D eigenvalue weighted by Gasteiger charge is -2.34. The smallest absolute Gasteiger partial charge is 0.410 e. The molecule has 1 N–H and O–H groups in total. The number of hydrogen-bond acceptors (Lipinski definition) is 10. The van der Waals surface area contributed by atoms with Gasteiger partial charge >= 0.3 is 6.09 Å². The Balaban J connectivity index is 1.23. The highest BCUT2D eigenvalue weighted by molar-refractivity contribution is 7.89. The number of sulfone groups is 1. The van der Waals surface area contributed by atoms with E-state index < -0.39 is 15.4 Å². The summed E-state index contributed by atoms with van der Waals surface area (Å²) in [4.78, 5) is 32.2. The number of ether oxygens (including phenoxy) is 2. The Kier molecular flexibility index (Phi) is 9.77. The molecule has 3 aromatic heterocycles. The Hall–Kier alpha value is -5.10. The standard InChI is InChI=1S/C37H40N6O5S/c1-25-12-13-29-27(24-49(45,46)23-26-14-18-38-19-15-26)8-5-10-30(29)33(25)47-34-31(11-6-17-39-34)32-16-20-40-35(42-32)41-28-9-7-21-43(22-28)36(44)48-37(2,3)4/h5-6,8,10-20,28H,7,9,21-24H2,1-4H3,(H,40,41,42)/t28-/m0/s1. The van der Waals surface area contributed by atoms with Gasteiger partial charge in [0, 0.05) is 49.3 Å². The number of carbonyl (C=O) groups is 1. The molecule has 1 amide bonds. The van der Waals surface area contributed by atoms with E-state index in [0.29, 0.717) is 53.1 Å². The lowest BCUT2D eigenvalue weighted by atomic mass is 10.0. The second kappa shape index (κ2) is 14.2. The Morgan fingerprint density at radius 3 is 2.55 bits per heavy atom. The van der Waals surface area contributed by atoms with Gasteiger partial charge in [0.1, 0.15) is 11.4 Å². The second-order valence-corrected chi connectivity index (χ2v) is 15.3. The summed E-state index contributed by atoms with van der Waals surface area (Å²) < 4.78 is 38.5. The minimum atomic E-state index is -3.46. The fourth-order valence-corrected chi connectivity index (χ4v) is 7.43. The molecule has 1 aliphatic heterocycles. The fourth-order valence-electron chi connectivity index (χ4n) is 5.90. The van der Waals surface area contributed by atoms with E-state index in [2.05, 4.69) is 20.3 Å². The van der Waals surface area contributed by atoms with E-state index in [1.807, 2.05) is 70.2 Å². The van der Waals surface area contributed by atoms with Gasteiger partial charge in [-0.2, -0.15) is 0 Å². The highest BCUT2D eigenvalue weighted by atomic mass is 32.2. The lowest BCUT2D eigenvalue weighted by Crippen LogP contribution is -2.47. The first kappa shape index (κ1) is 33.8. The van der Waals surface area contributed by atoms with E-state index in [1.54, 1.807) is 47.9 Å². The van der Waals surface area contributed by atoms with E-state index in [9.17, 15) is 13.2 Å². The first-order valence-electron chi connectivity index (χ1n) is 16.3. The van der Waals surface area contributed by atoms with Crippen LogP contribution in [0.2, 0.25) is 0 Å². The predicted octanol–water partition coefficient (Wildman–Crippen LogP) is 7.11. The zero-order chi connectivity index (χ0) is 34.6. The van der Waals surface area contributed by atoms with Crippen LogP contribution in [0.1, 0.15) is 50.3 Å². The number of fused-ring (bicyclic) bond motifs is 1. The van der Waals surface area contributed by atoms with Gasteiger partial charge in [0.05, 0.1) is 22.8 Å². The number of carbonyl (C=O) groups excluding carboxylic acids is 1. The van der Waals surface area contributed by atoms with Crippen molar-refractivity contribution in [3.8, 4) is 22.9 Å². The zero-order valence-electron chi connectivity index (χ0n) is 28.1. The molecular formula is C37H40N6O5S. The predicted molar refractivity (Wildman–Crippen MR) is 189 cm³/mol. The summed E-state index contributed by atoms with van der Waals surface area (Å²) in [6.07, 6.45) is 7.90. The van der Waals surface area contributed by atoms with Gasteiger partial charge in [-0.3, -0.25) is 4.98 Å². The number of piperidine rings is 1. The van der Waals surface area contributed by atoms with Crippen LogP contribution in [0.3, 0.4) is 0 Å². The highest BCUT2D eigenvalue weighted by Crippen LogP contribution is 2.38. The maximum atomic E-state index is 13.2. The van der Waals surface area contributed by atoms with E-state index in [4.69, 9.17) is 14.5 Å². The lowest BCUT2D eigenvalue weighted by molar-refractivity contribution is 0.0206. The SMILES string of the molecule is Cc1ccc2c(CS(=O)(=O)Cc3ccncc3)cccc2c1Oc1ncccc1-c1ccnc(N[C@H]2CCCN(C(=O)OC(C)(C)C)C2)n1. The molecular weight excluding hydrogens is 641 g/mol. The molecule has 6 rings (SSSR count). The number of nitrogens with one attached hydrogen (secondary N) is 1. The number of benzene rings is 2. The van der Waals surface area contributed by atoms with Crippen molar-refractivity contribution in [1.82, 2.24) is 24.8 Å². The van der Waals surface area contributed by atoms with Gasteiger partial charge in [0.25, 0.3) is 0 Å². The Labute approximate surface area is 286 Å². The third-order valence-corrected chi connectivity index (χ3v) is 9.64. The molecule has 1 saturated heterocycles. The van der Waals surface area contributed by atoms with Crippen molar-refractivity contribution in [2.75, 3.05) is 18.4 Å². The third-order valence-electron chi connectivity index (χ3n) is 8.12. The van der Waals surface area contributed by atoms with E-state index in [0.717, 1.165) is 29.2 Å². The summed E-state index contributed by atoms with van der Waals surface area (Å²) in [6.45, 7) is 8.65. The molecule has 2 aromatic carbocycles. The number of pyridine rings is 2. The summed E-state index contributed by atoms with van der Waals surface area (Å²) >= 11 is 0. The molecule has 49 heavy (non-hydrogen) atoms. The van der Waals surface area contributed by atoms with Crippen molar-refractivity contribution in [3.05, 3.63) is 102 Å². The van der Waals surface area contributed by atoms with Crippen LogP contribution in [0.4, 0.5) is 10.7 Å². The number of amides is 1. The van der Waals surface area contributed by atoms with E-state index in [-0.39, 0.29) is 23.6 Å². The van der Waals surface area contributed by atoms with Gasteiger partial charge in [-0.1, -0.05) is 30.3 Å². The quantitative estimate of drug-likeness (QED) is 0.171. The number of nitrogens with zero attached hydrogens (tertiary/aromatic N) is 5. The molecule has 1 atom stereocenters. The topological polar surface area (TPSA) is 136 Å². The van der Waals surface area contributed by atoms with E-state index in [1.165, 1.54) is 0 Å². The Morgan fingerprint density at radius 2 is 1.76 bits per heavy atom. The molecule has 254 valence electrons. The van der Waals surface area contributed by atoms with Crippen LogP contribution in [0.15, 0.2) is 85.5 Å². The largest absolute Gasteiger partial charge is 0.444 e. The van der Waals surface area contributed by atoms with Gasteiger partial charge in [-0.05, 0) is 92.9 Å². The molecule has 0 radical (unpaired) electrons. The van der Waals surface area contributed by atoms with Crippen LogP contribution in [0.25, 0.3) is 22.0 Å². The van der Waals surface area contributed by atoms with Crippen LogP contribution in [0, 0.1) is 6.92 Å². The first-order valence-corrected chi connectivity index (χ1v) is 18.1. The first-order chi connectivity index (χ1) is 23.4. The van der Waals surface area contributed by atoms with Crippen molar-refractivity contribution in [3.63, 3.8) is 0 Å². The molecule has 0 unspecified atom stereocenters. The number of anilines is 1. The highest BCUT2D eigenvalue weighted by Gasteiger charge is 2.28. The number of hydrogen-bond donors (Lipinski definition) is 1. The Morgan fingerprint density at radius 1 is 0.939 bits per heavy atom. The monoisotopic (exact) mass is 680 g/mol. The second-order valence-electron chi connectivity index (χ2n) is 13.2. The van der Waals surface area contributed by atoms with Gasteiger partial charge in [-0.15, -0.1) is 0 Å². The van der Waals surface area contributed by atoms with E-state index >= 15 is 0 Å². The number of aromatic nitrogens is 4. The summed E-state index contributed by atoms with van der Waals surface area (Å²) in [7, 11) is -3.46. The van der Waals surface area contributed by atoms with Crippen molar-refractivity contribution < 1.29 is 22.7 Å². The molecule has 0 bridgehead atoms. The minimum absolute atomic E-state index is 0.0396. The van der Waals surface area contributed by atoms with Crippen molar-refractivity contribution in [2.24, 2.45) is 0 Å². The van der Waals surface area contributed by atoms with Crippen molar-refractivity contribution >= 4 is 32.7 Å². The van der Waals surface area contributed by atoms with Gasteiger partial charge in [-0.25, -0.2) is 28.2 Å². The molecule has 1 aliphatic rings. The average molecular weight is 681 g/mol. The summed E-state index contributed by atoms with van der Waals surface area (Å²) in [5.74, 6) is 1.19. The van der Waals surface area contributed by atoms with Crippen molar-refractivity contribution in [2.45, 2.75) is 63.7 Å². The Bertz CT molecular complexity index is 2070. The molecule has 12 heteroatoms. The molecule has 0 spiro atoms. The van der Waals surface area contributed by atoms with Crippen LogP contribution >= 0.6 is 0 Å². The normalized spacial score (nSPS) is 15.2. The summed E-state index contributed by atoms with van der Waals surface area (Å²) in [5.41, 5.74) is 2.98. The van der Waals surface area contributed by atoms with Crippen LogP contribution in [-0.2, 0) is 26.1 Å². The third kappa shape index (κ3) is 8.50. The molecule has 11 nitrogen and oxygen atoms in total. The molecule has 1 fully saturated rings. The maximum Gasteiger partial charge on any atom is 0.410 e. The number of aryl methyl sites for hydroxylation is 1.